The second-order valence-corrected chi connectivity index (χ2v) is 8.10. The van der Waals surface area contributed by atoms with Gasteiger partial charge in [-0.05, 0) is 44.9 Å². The molecule has 0 aromatic carbocycles. The zero-order chi connectivity index (χ0) is 20.2. The highest BCUT2D eigenvalue weighted by Crippen LogP contribution is 2.10. The molecule has 0 aromatic rings. The molecule has 160 valence electrons. The molecular formula is C24H46O3. The Balaban J connectivity index is 3.24. The quantitative estimate of drug-likeness (QED) is 0.136. The van der Waals surface area contributed by atoms with E-state index in [2.05, 4.69) is 19.1 Å². The SMILES string of the molecule is CCCCCCCC/C=C/CCCCCCCCOC(=O)OC(C)C(C)C. The van der Waals surface area contributed by atoms with E-state index in [4.69, 9.17) is 9.47 Å². The molecule has 0 saturated heterocycles. The van der Waals surface area contributed by atoms with Crippen LogP contribution in [0.5, 0.6) is 0 Å². The molecule has 0 radical (unpaired) electrons. The summed E-state index contributed by atoms with van der Waals surface area (Å²) in [7, 11) is 0. The Morgan fingerprint density at radius 1 is 0.741 bits per heavy atom. The fraction of sp³-hybridized carbons (Fsp3) is 0.875. The largest absolute Gasteiger partial charge is 0.508 e. The van der Waals surface area contributed by atoms with Gasteiger partial charge in [-0.15, -0.1) is 0 Å². The number of hydrogen-bond acceptors (Lipinski definition) is 3. The van der Waals surface area contributed by atoms with Gasteiger partial charge in [0, 0.05) is 0 Å². The monoisotopic (exact) mass is 382 g/mol. The van der Waals surface area contributed by atoms with E-state index in [1.807, 2.05) is 20.8 Å². The van der Waals surface area contributed by atoms with Crippen LogP contribution in [0.1, 0.15) is 118 Å². The molecular weight excluding hydrogens is 336 g/mol. The first-order valence-corrected chi connectivity index (χ1v) is 11.6. The molecule has 0 aliphatic carbocycles. The van der Waals surface area contributed by atoms with Gasteiger partial charge in [0.25, 0.3) is 0 Å². The van der Waals surface area contributed by atoms with Gasteiger partial charge in [-0.2, -0.15) is 0 Å². The van der Waals surface area contributed by atoms with Gasteiger partial charge in [-0.3, -0.25) is 0 Å². The summed E-state index contributed by atoms with van der Waals surface area (Å²) in [5, 5.41) is 0. The summed E-state index contributed by atoms with van der Waals surface area (Å²) in [6.45, 7) is 8.71. The number of hydrogen-bond donors (Lipinski definition) is 0. The van der Waals surface area contributed by atoms with Crippen LogP contribution < -0.4 is 0 Å². The van der Waals surface area contributed by atoms with Crippen LogP contribution in [0.15, 0.2) is 12.2 Å². The third-order valence-corrected chi connectivity index (χ3v) is 5.10. The smallest absolute Gasteiger partial charge is 0.434 e. The molecule has 0 aliphatic heterocycles. The minimum Gasteiger partial charge on any atom is -0.434 e. The summed E-state index contributed by atoms with van der Waals surface area (Å²) in [5.74, 6) is 0.322. The van der Waals surface area contributed by atoms with E-state index in [1.54, 1.807) is 0 Å². The highest BCUT2D eigenvalue weighted by atomic mass is 16.7. The Morgan fingerprint density at radius 2 is 1.22 bits per heavy atom. The number of carbonyl (C=O) groups is 1. The molecule has 0 N–H and O–H groups in total. The van der Waals surface area contributed by atoms with E-state index in [9.17, 15) is 4.79 Å². The van der Waals surface area contributed by atoms with Crippen LogP contribution in [0, 0.1) is 5.92 Å². The van der Waals surface area contributed by atoms with Crippen molar-refractivity contribution in [2.45, 2.75) is 124 Å². The van der Waals surface area contributed by atoms with E-state index in [0.717, 1.165) is 12.8 Å². The molecule has 27 heavy (non-hydrogen) atoms. The van der Waals surface area contributed by atoms with Crippen LogP contribution in [0.25, 0.3) is 0 Å². The van der Waals surface area contributed by atoms with Crippen molar-refractivity contribution >= 4 is 6.16 Å². The van der Waals surface area contributed by atoms with Gasteiger partial charge >= 0.3 is 6.16 Å². The molecule has 3 heteroatoms. The lowest BCUT2D eigenvalue weighted by atomic mass is 10.1. The molecule has 1 atom stereocenters. The van der Waals surface area contributed by atoms with Crippen molar-refractivity contribution in [2.75, 3.05) is 6.61 Å². The van der Waals surface area contributed by atoms with Crippen LogP contribution in [-0.4, -0.2) is 18.9 Å². The standard InChI is InChI=1S/C24H46O3/c1-5-6-7-8-9-10-11-12-13-14-15-16-17-18-19-20-21-26-24(25)27-23(4)22(2)3/h12-13,22-23H,5-11,14-21H2,1-4H3/b13-12+. The van der Waals surface area contributed by atoms with E-state index < -0.39 is 6.16 Å². The van der Waals surface area contributed by atoms with Gasteiger partial charge < -0.3 is 9.47 Å². The first kappa shape index (κ1) is 26.0. The lowest BCUT2D eigenvalue weighted by Crippen LogP contribution is -2.21. The summed E-state index contributed by atoms with van der Waals surface area (Å²) in [6, 6.07) is 0. The van der Waals surface area contributed by atoms with Crippen LogP contribution in [0.3, 0.4) is 0 Å². The number of rotatable bonds is 18. The molecule has 0 rings (SSSR count). The zero-order valence-electron chi connectivity index (χ0n) is 18.6. The lowest BCUT2D eigenvalue weighted by Gasteiger charge is -2.16. The van der Waals surface area contributed by atoms with Gasteiger partial charge in [-0.1, -0.05) is 90.7 Å². The Kier molecular flexibility index (Phi) is 19.0. The van der Waals surface area contributed by atoms with Gasteiger partial charge in [0.1, 0.15) is 6.10 Å². The van der Waals surface area contributed by atoms with E-state index in [-0.39, 0.29) is 6.10 Å². The Hall–Kier alpha value is -0.990. The van der Waals surface area contributed by atoms with Gasteiger partial charge in [0.15, 0.2) is 0 Å². The third kappa shape index (κ3) is 19.6. The minimum absolute atomic E-state index is 0.0858. The predicted octanol–water partition coefficient (Wildman–Crippen LogP) is 8.22. The fourth-order valence-electron chi connectivity index (χ4n) is 2.83. The second kappa shape index (κ2) is 19.8. The van der Waals surface area contributed by atoms with E-state index in [1.165, 1.54) is 77.0 Å². The maximum absolute atomic E-state index is 11.5. The molecule has 0 aromatic heterocycles. The van der Waals surface area contributed by atoms with Crippen LogP contribution in [0.2, 0.25) is 0 Å². The van der Waals surface area contributed by atoms with Gasteiger partial charge in [-0.25, -0.2) is 4.79 Å². The first-order chi connectivity index (χ1) is 13.1. The van der Waals surface area contributed by atoms with Crippen molar-refractivity contribution in [3.05, 3.63) is 12.2 Å². The second-order valence-electron chi connectivity index (χ2n) is 8.10. The topological polar surface area (TPSA) is 35.5 Å². The van der Waals surface area contributed by atoms with Crippen LogP contribution >= 0.6 is 0 Å². The average molecular weight is 383 g/mol. The molecule has 0 aliphatic rings. The highest BCUT2D eigenvalue weighted by molar-refractivity contribution is 5.60. The van der Waals surface area contributed by atoms with Gasteiger partial charge in [0.2, 0.25) is 0 Å². The Morgan fingerprint density at radius 3 is 1.74 bits per heavy atom. The van der Waals surface area contributed by atoms with E-state index in [0.29, 0.717) is 12.5 Å². The summed E-state index contributed by atoms with van der Waals surface area (Å²) in [5.41, 5.74) is 0. The number of ether oxygens (including phenoxy) is 2. The molecule has 0 bridgehead atoms. The van der Waals surface area contributed by atoms with Crippen LogP contribution in [-0.2, 0) is 9.47 Å². The number of carbonyl (C=O) groups excluding carboxylic acids is 1. The predicted molar refractivity (Wildman–Crippen MR) is 116 cm³/mol. The van der Waals surface area contributed by atoms with Crippen molar-refractivity contribution in [1.29, 1.82) is 0 Å². The van der Waals surface area contributed by atoms with E-state index >= 15 is 0 Å². The molecule has 0 heterocycles. The Bertz CT molecular complexity index is 350. The summed E-state index contributed by atoms with van der Waals surface area (Å²) < 4.78 is 10.3. The summed E-state index contributed by atoms with van der Waals surface area (Å²) in [4.78, 5) is 11.5. The molecule has 0 spiro atoms. The van der Waals surface area contributed by atoms with Crippen molar-refractivity contribution in [3.63, 3.8) is 0 Å². The third-order valence-electron chi connectivity index (χ3n) is 5.10. The summed E-state index contributed by atoms with van der Waals surface area (Å²) >= 11 is 0. The van der Waals surface area contributed by atoms with Crippen molar-refractivity contribution in [2.24, 2.45) is 5.92 Å². The minimum atomic E-state index is -0.524. The molecule has 3 nitrogen and oxygen atoms in total. The fourth-order valence-corrected chi connectivity index (χ4v) is 2.83. The van der Waals surface area contributed by atoms with Crippen molar-refractivity contribution in [3.8, 4) is 0 Å². The average Bonchev–Trinajstić information content (AvgIpc) is 2.64. The molecule has 1 unspecified atom stereocenters. The van der Waals surface area contributed by atoms with Gasteiger partial charge in [0.05, 0.1) is 6.61 Å². The lowest BCUT2D eigenvalue weighted by molar-refractivity contribution is 0.0140. The Labute approximate surface area is 169 Å². The maximum atomic E-state index is 11.5. The maximum Gasteiger partial charge on any atom is 0.508 e. The van der Waals surface area contributed by atoms with Crippen molar-refractivity contribution in [1.82, 2.24) is 0 Å². The molecule has 0 amide bonds. The highest BCUT2D eigenvalue weighted by Gasteiger charge is 2.13. The number of allylic oxidation sites excluding steroid dienone is 2. The zero-order valence-corrected chi connectivity index (χ0v) is 18.6. The molecule has 0 saturated carbocycles. The molecule has 0 fully saturated rings. The van der Waals surface area contributed by atoms with Crippen LogP contribution in [0.4, 0.5) is 4.79 Å². The van der Waals surface area contributed by atoms with Crippen molar-refractivity contribution < 1.29 is 14.3 Å². The normalized spacial score (nSPS) is 12.6. The summed E-state index contributed by atoms with van der Waals surface area (Å²) in [6.07, 6.45) is 22.1. The number of unbranched alkanes of at least 4 members (excludes halogenated alkanes) is 12. The first-order valence-electron chi connectivity index (χ1n) is 11.6.